The van der Waals surface area contributed by atoms with Crippen LogP contribution in [0, 0.1) is 0 Å². The summed E-state index contributed by atoms with van der Waals surface area (Å²) in [4.78, 5) is 0. The van der Waals surface area contributed by atoms with Crippen LogP contribution in [0.1, 0.15) is 18.1 Å². The molecule has 0 aromatic heterocycles. The van der Waals surface area contributed by atoms with Crippen molar-refractivity contribution < 1.29 is 0 Å². The fourth-order valence-corrected chi connectivity index (χ4v) is 1.33. The van der Waals surface area contributed by atoms with Gasteiger partial charge in [0.05, 0.1) is 5.69 Å². The number of alkyl halides is 1. The summed E-state index contributed by atoms with van der Waals surface area (Å²) in [7, 11) is 0. The van der Waals surface area contributed by atoms with Crippen molar-refractivity contribution >= 4 is 17.3 Å². The maximum absolute atomic E-state index is 5.71. The smallest absolute Gasteiger partial charge is 0.0531 e. The summed E-state index contributed by atoms with van der Waals surface area (Å²) in [6.07, 6.45) is 1.01. The van der Waals surface area contributed by atoms with Crippen LogP contribution in [0.2, 0.25) is 0 Å². The molecule has 0 heterocycles. The molecule has 0 saturated carbocycles. The lowest BCUT2D eigenvalue weighted by molar-refractivity contribution is 1.13. The van der Waals surface area contributed by atoms with Gasteiger partial charge < -0.3 is 5.43 Å². The van der Waals surface area contributed by atoms with Gasteiger partial charge in [-0.2, -0.15) is 0 Å². The lowest BCUT2D eigenvalue weighted by Crippen LogP contribution is -2.09. The van der Waals surface area contributed by atoms with Gasteiger partial charge in [0.15, 0.2) is 0 Å². The molecule has 0 aliphatic heterocycles. The number of aryl methyl sites for hydroxylation is 1. The fourth-order valence-electron chi connectivity index (χ4n) is 1.09. The van der Waals surface area contributed by atoms with Crippen LogP contribution in [0.3, 0.4) is 0 Å². The standard InChI is InChI=1S/C9H13ClN2/c1-2-7-3-4-8(6-10)9(5-7)12-11/h3-5,12H,2,6,11H2,1H3. The highest BCUT2D eigenvalue weighted by atomic mass is 35.5. The molecule has 0 spiro atoms. The van der Waals surface area contributed by atoms with Crippen LogP contribution in [-0.4, -0.2) is 0 Å². The zero-order valence-electron chi connectivity index (χ0n) is 7.10. The normalized spacial score (nSPS) is 9.92. The number of nitrogens with two attached hydrogens (primary N) is 1. The van der Waals surface area contributed by atoms with Gasteiger partial charge in [0.2, 0.25) is 0 Å². The third-order valence-electron chi connectivity index (χ3n) is 1.88. The number of nitrogens with one attached hydrogen (secondary N) is 1. The Balaban J connectivity index is 3.02. The quantitative estimate of drug-likeness (QED) is 0.430. The Labute approximate surface area is 77.7 Å². The molecule has 0 radical (unpaired) electrons. The highest BCUT2D eigenvalue weighted by Crippen LogP contribution is 2.18. The van der Waals surface area contributed by atoms with Crippen molar-refractivity contribution in [2.75, 3.05) is 5.43 Å². The maximum Gasteiger partial charge on any atom is 0.0531 e. The molecule has 0 saturated heterocycles. The average Bonchev–Trinajstić information content (AvgIpc) is 2.16. The Hall–Kier alpha value is -0.730. The molecular weight excluding hydrogens is 172 g/mol. The summed E-state index contributed by atoms with van der Waals surface area (Å²) in [5.41, 5.74) is 5.86. The van der Waals surface area contributed by atoms with Crippen LogP contribution in [0.15, 0.2) is 18.2 Å². The first-order valence-corrected chi connectivity index (χ1v) is 4.49. The van der Waals surface area contributed by atoms with Gasteiger partial charge in [-0.3, -0.25) is 5.84 Å². The number of halogens is 1. The van der Waals surface area contributed by atoms with Gasteiger partial charge in [0.25, 0.3) is 0 Å². The van der Waals surface area contributed by atoms with Gasteiger partial charge >= 0.3 is 0 Å². The Morgan fingerprint density at radius 1 is 1.50 bits per heavy atom. The van der Waals surface area contributed by atoms with Crippen molar-refractivity contribution in [1.82, 2.24) is 0 Å². The minimum atomic E-state index is 0.490. The van der Waals surface area contributed by atoms with Gasteiger partial charge in [-0.05, 0) is 23.6 Å². The second kappa shape index (κ2) is 4.33. The van der Waals surface area contributed by atoms with Crippen molar-refractivity contribution in [2.45, 2.75) is 19.2 Å². The van der Waals surface area contributed by atoms with E-state index in [1.165, 1.54) is 5.56 Å². The van der Waals surface area contributed by atoms with E-state index in [2.05, 4.69) is 18.4 Å². The molecule has 0 amide bonds. The number of rotatable bonds is 3. The predicted octanol–water partition coefficient (Wildman–Crippen LogP) is 2.27. The second-order valence-electron chi connectivity index (χ2n) is 2.62. The summed E-state index contributed by atoms with van der Waals surface area (Å²) >= 11 is 5.71. The van der Waals surface area contributed by atoms with E-state index in [0.29, 0.717) is 5.88 Å². The Morgan fingerprint density at radius 3 is 2.75 bits per heavy atom. The van der Waals surface area contributed by atoms with Gasteiger partial charge in [-0.1, -0.05) is 19.1 Å². The number of hydrogen-bond donors (Lipinski definition) is 2. The third-order valence-corrected chi connectivity index (χ3v) is 2.17. The molecular formula is C9H13ClN2. The Morgan fingerprint density at radius 2 is 2.25 bits per heavy atom. The van der Waals surface area contributed by atoms with Gasteiger partial charge in [-0.15, -0.1) is 11.6 Å². The highest BCUT2D eigenvalue weighted by Gasteiger charge is 1.99. The third kappa shape index (κ3) is 1.90. The zero-order chi connectivity index (χ0) is 8.97. The number of benzene rings is 1. The highest BCUT2D eigenvalue weighted by molar-refractivity contribution is 6.17. The molecule has 1 rings (SSSR count). The molecule has 1 aromatic rings. The molecule has 0 fully saturated rings. The van der Waals surface area contributed by atoms with E-state index in [4.69, 9.17) is 17.4 Å². The molecule has 3 heteroatoms. The van der Waals surface area contributed by atoms with Crippen molar-refractivity contribution in [3.05, 3.63) is 29.3 Å². The lowest BCUT2D eigenvalue weighted by Gasteiger charge is -2.07. The van der Waals surface area contributed by atoms with Crippen LogP contribution in [0.5, 0.6) is 0 Å². The van der Waals surface area contributed by atoms with Crippen LogP contribution in [0.4, 0.5) is 5.69 Å². The predicted molar refractivity (Wildman–Crippen MR) is 53.2 cm³/mol. The minimum Gasteiger partial charge on any atom is -0.324 e. The number of anilines is 1. The SMILES string of the molecule is CCc1ccc(CCl)c(NN)c1. The van der Waals surface area contributed by atoms with E-state index in [0.717, 1.165) is 17.7 Å². The maximum atomic E-state index is 5.71. The van der Waals surface area contributed by atoms with E-state index in [-0.39, 0.29) is 0 Å². The second-order valence-corrected chi connectivity index (χ2v) is 2.89. The molecule has 66 valence electrons. The van der Waals surface area contributed by atoms with Crippen LogP contribution >= 0.6 is 11.6 Å². The van der Waals surface area contributed by atoms with Crippen LogP contribution in [-0.2, 0) is 12.3 Å². The zero-order valence-corrected chi connectivity index (χ0v) is 7.86. The van der Waals surface area contributed by atoms with Crippen LogP contribution in [0.25, 0.3) is 0 Å². The summed E-state index contributed by atoms with van der Waals surface area (Å²) in [5, 5.41) is 0. The number of nitrogen functional groups attached to an aromatic ring is 1. The first-order chi connectivity index (χ1) is 5.81. The Bertz CT molecular complexity index is 261. The number of hydrogen-bond acceptors (Lipinski definition) is 2. The molecule has 0 atom stereocenters. The molecule has 0 unspecified atom stereocenters. The fraction of sp³-hybridized carbons (Fsp3) is 0.333. The topological polar surface area (TPSA) is 38.0 Å². The van der Waals surface area contributed by atoms with Crippen molar-refractivity contribution in [2.24, 2.45) is 5.84 Å². The summed E-state index contributed by atoms with van der Waals surface area (Å²) in [6, 6.07) is 6.09. The molecule has 3 N–H and O–H groups in total. The summed E-state index contributed by atoms with van der Waals surface area (Å²) in [5.74, 6) is 5.83. The van der Waals surface area contributed by atoms with Gasteiger partial charge in [0, 0.05) is 5.88 Å². The first kappa shape index (κ1) is 9.36. The average molecular weight is 185 g/mol. The largest absolute Gasteiger partial charge is 0.324 e. The van der Waals surface area contributed by atoms with E-state index in [9.17, 15) is 0 Å². The summed E-state index contributed by atoms with van der Waals surface area (Å²) in [6.45, 7) is 2.11. The Kier molecular flexibility index (Phi) is 3.38. The molecule has 0 aliphatic carbocycles. The van der Waals surface area contributed by atoms with Crippen molar-refractivity contribution in [3.63, 3.8) is 0 Å². The molecule has 2 nitrogen and oxygen atoms in total. The summed E-state index contributed by atoms with van der Waals surface area (Å²) < 4.78 is 0. The van der Waals surface area contributed by atoms with Crippen molar-refractivity contribution in [1.29, 1.82) is 0 Å². The van der Waals surface area contributed by atoms with E-state index >= 15 is 0 Å². The monoisotopic (exact) mass is 184 g/mol. The van der Waals surface area contributed by atoms with Crippen LogP contribution < -0.4 is 11.3 Å². The lowest BCUT2D eigenvalue weighted by atomic mass is 10.1. The molecule has 1 aromatic carbocycles. The number of hydrazine groups is 1. The van der Waals surface area contributed by atoms with Gasteiger partial charge in [-0.25, -0.2) is 0 Å². The van der Waals surface area contributed by atoms with E-state index in [1.54, 1.807) is 0 Å². The van der Waals surface area contributed by atoms with E-state index in [1.807, 2.05) is 12.1 Å². The first-order valence-electron chi connectivity index (χ1n) is 3.96. The van der Waals surface area contributed by atoms with Gasteiger partial charge in [0.1, 0.15) is 0 Å². The molecule has 0 bridgehead atoms. The minimum absolute atomic E-state index is 0.490. The molecule has 12 heavy (non-hydrogen) atoms. The van der Waals surface area contributed by atoms with Crippen molar-refractivity contribution in [3.8, 4) is 0 Å². The molecule has 0 aliphatic rings. The van der Waals surface area contributed by atoms with E-state index < -0.39 is 0 Å².